The molecule has 0 fully saturated rings. The van der Waals surface area contributed by atoms with E-state index in [0.717, 1.165) is 23.9 Å². The van der Waals surface area contributed by atoms with Gasteiger partial charge in [0.15, 0.2) is 0 Å². The molecule has 1 rings (SSSR count). The summed E-state index contributed by atoms with van der Waals surface area (Å²) in [5, 5.41) is 7.71. The van der Waals surface area contributed by atoms with Crippen molar-refractivity contribution in [3.8, 4) is 0 Å². The molecule has 0 aliphatic carbocycles. The first-order valence-electron chi connectivity index (χ1n) is 5.24. The number of alkyl halides is 1. The fourth-order valence-corrected chi connectivity index (χ4v) is 2.10. The predicted octanol–water partition coefficient (Wildman–Crippen LogP) is 2.21. The summed E-state index contributed by atoms with van der Waals surface area (Å²) in [5.74, 6) is 0.0823. The van der Waals surface area contributed by atoms with Crippen LogP contribution in [0.4, 0.5) is 0 Å². The van der Waals surface area contributed by atoms with Gasteiger partial charge in [0.2, 0.25) is 5.91 Å². The first-order valence-corrected chi connectivity index (χ1v) is 7.31. The van der Waals surface area contributed by atoms with Crippen molar-refractivity contribution in [3.05, 3.63) is 22.4 Å². The van der Waals surface area contributed by atoms with Crippen molar-refractivity contribution in [2.75, 3.05) is 25.1 Å². The highest BCUT2D eigenvalue weighted by Gasteiger charge is 2.02. The average molecular weight is 306 g/mol. The molecule has 5 heteroatoms. The summed E-state index contributed by atoms with van der Waals surface area (Å²) in [6.45, 7) is 2.11. The third-order valence-electron chi connectivity index (χ3n) is 1.95. The van der Waals surface area contributed by atoms with Crippen molar-refractivity contribution in [2.45, 2.75) is 12.8 Å². The van der Waals surface area contributed by atoms with E-state index in [9.17, 15) is 4.79 Å². The van der Waals surface area contributed by atoms with E-state index in [1.54, 1.807) is 11.3 Å². The van der Waals surface area contributed by atoms with Crippen LogP contribution >= 0.6 is 27.3 Å². The van der Waals surface area contributed by atoms with Gasteiger partial charge in [-0.05, 0) is 28.8 Å². The maximum Gasteiger partial charge on any atom is 0.224 e. The lowest BCUT2D eigenvalue weighted by Gasteiger charge is -2.04. The van der Waals surface area contributed by atoms with Crippen molar-refractivity contribution in [1.29, 1.82) is 0 Å². The number of ether oxygens (including phenoxy) is 1. The Morgan fingerprint density at radius 1 is 1.50 bits per heavy atom. The molecule has 0 aliphatic heterocycles. The molecule has 0 radical (unpaired) electrons. The number of thiophene rings is 1. The Morgan fingerprint density at radius 3 is 3.06 bits per heavy atom. The molecule has 0 aromatic carbocycles. The molecule has 90 valence electrons. The van der Waals surface area contributed by atoms with E-state index in [2.05, 4.69) is 21.2 Å². The van der Waals surface area contributed by atoms with E-state index in [4.69, 9.17) is 4.74 Å². The smallest absolute Gasteiger partial charge is 0.224 e. The molecule has 1 N–H and O–H groups in total. The highest BCUT2D eigenvalue weighted by molar-refractivity contribution is 9.09. The van der Waals surface area contributed by atoms with E-state index in [-0.39, 0.29) is 5.91 Å². The molecule has 0 atom stereocenters. The summed E-state index contributed by atoms with van der Waals surface area (Å²) in [7, 11) is 0. The third kappa shape index (κ3) is 6.25. The first-order chi connectivity index (χ1) is 7.83. The van der Waals surface area contributed by atoms with E-state index in [0.29, 0.717) is 19.6 Å². The number of carbonyl (C=O) groups excluding carboxylic acids is 1. The van der Waals surface area contributed by atoms with Gasteiger partial charge in [-0.15, -0.1) is 0 Å². The number of carbonyl (C=O) groups is 1. The zero-order valence-electron chi connectivity index (χ0n) is 9.08. The molecular formula is C11H16BrNO2S. The monoisotopic (exact) mass is 305 g/mol. The maximum atomic E-state index is 11.4. The standard InChI is InChI=1S/C11H16BrNO2S/c12-3-6-15-5-1-4-13-11(14)8-10-2-7-16-9-10/h2,7,9H,1,3-6,8H2,(H,13,14). The minimum absolute atomic E-state index is 0.0823. The Balaban J connectivity index is 1.98. The normalized spacial score (nSPS) is 10.3. The van der Waals surface area contributed by atoms with Crippen LogP contribution in [0.25, 0.3) is 0 Å². The van der Waals surface area contributed by atoms with Crippen LogP contribution < -0.4 is 5.32 Å². The molecule has 0 saturated heterocycles. The maximum absolute atomic E-state index is 11.4. The van der Waals surface area contributed by atoms with Gasteiger partial charge in [-0.25, -0.2) is 0 Å². The van der Waals surface area contributed by atoms with E-state index in [1.807, 2.05) is 16.8 Å². The number of hydrogen-bond acceptors (Lipinski definition) is 3. The predicted molar refractivity (Wildman–Crippen MR) is 70.3 cm³/mol. The van der Waals surface area contributed by atoms with Crippen LogP contribution in [0, 0.1) is 0 Å². The van der Waals surface area contributed by atoms with Crippen molar-refractivity contribution in [3.63, 3.8) is 0 Å². The van der Waals surface area contributed by atoms with Gasteiger partial charge in [0.05, 0.1) is 13.0 Å². The minimum Gasteiger partial charge on any atom is -0.381 e. The number of halogens is 1. The SMILES string of the molecule is O=C(Cc1ccsc1)NCCCOCCBr. The number of rotatable bonds is 8. The minimum atomic E-state index is 0.0823. The molecule has 1 aromatic rings. The van der Waals surface area contributed by atoms with Crippen molar-refractivity contribution >= 4 is 33.2 Å². The number of hydrogen-bond donors (Lipinski definition) is 1. The molecule has 0 saturated carbocycles. The summed E-state index contributed by atoms with van der Waals surface area (Å²) in [6.07, 6.45) is 1.34. The van der Waals surface area contributed by atoms with Crippen molar-refractivity contribution in [2.24, 2.45) is 0 Å². The van der Waals surface area contributed by atoms with Crippen LogP contribution in [0.5, 0.6) is 0 Å². The molecule has 0 bridgehead atoms. The topological polar surface area (TPSA) is 38.3 Å². The van der Waals surface area contributed by atoms with Gasteiger partial charge in [0, 0.05) is 18.5 Å². The van der Waals surface area contributed by atoms with E-state index >= 15 is 0 Å². The van der Waals surface area contributed by atoms with Gasteiger partial charge in [-0.2, -0.15) is 11.3 Å². The zero-order valence-corrected chi connectivity index (χ0v) is 11.5. The first kappa shape index (κ1) is 13.7. The van der Waals surface area contributed by atoms with Gasteiger partial charge < -0.3 is 10.1 Å². The molecule has 0 spiro atoms. The largest absolute Gasteiger partial charge is 0.381 e. The van der Waals surface area contributed by atoms with Crippen LogP contribution in [-0.4, -0.2) is 31.0 Å². The van der Waals surface area contributed by atoms with Crippen LogP contribution in [0.15, 0.2) is 16.8 Å². The second kappa shape index (κ2) is 8.73. The van der Waals surface area contributed by atoms with Gasteiger partial charge in [-0.3, -0.25) is 4.79 Å². The fourth-order valence-electron chi connectivity index (χ4n) is 1.20. The second-order valence-electron chi connectivity index (χ2n) is 3.31. The van der Waals surface area contributed by atoms with E-state index in [1.165, 1.54) is 0 Å². The lowest BCUT2D eigenvalue weighted by atomic mass is 10.2. The van der Waals surface area contributed by atoms with Gasteiger partial charge in [-0.1, -0.05) is 15.9 Å². The Bertz CT molecular complexity index is 290. The zero-order chi connectivity index (χ0) is 11.6. The van der Waals surface area contributed by atoms with Crippen LogP contribution in [0.3, 0.4) is 0 Å². The molecular weight excluding hydrogens is 290 g/mol. The summed E-state index contributed by atoms with van der Waals surface area (Å²) < 4.78 is 5.27. The summed E-state index contributed by atoms with van der Waals surface area (Å²) in [4.78, 5) is 11.4. The molecule has 1 heterocycles. The Kier molecular flexibility index (Phi) is 7.46. The summed E-state index contributed by atoms with van der Waals surface area (Å²) in [5.41, 5.74) is 1.08. The van der Waals surface area contributed by atoms with Crippen LogP contribution in [0.2, 0.25) is 0 Å². The van der Waals surface area contributed by atoms with Gasteiger partial charge in [0.25, 0.3) is 0 Å². The van der Waals surface area contributed by atoms with Gasteiger partial charge >= 0.3 is 0 Å². The highest BCUT2D eigenvalue weighted by Crippen LogP contribution is 2.06. The van der Waals surface area contributed by atoms with Crippen molar-refractivity contribution < 1.29 is 9.53 Å². The number of amides is 1. The molecule has 16 heavy (non-hydrogen) atoms. The molecule has 1 amide bonds. The van der Waals surface area contributed by atoms with Crippen LogP contribution in [-0.2, 0) is 16.0 Å². The lowest BCUT2D eigenvalue weighted by molar-refractivity contribution is -0.120. The van der Waals surface area contributed by atoms with Gasteiger partial charge in [0.1, 0.15) is 0 Å². The van der Waals surface area contributed by atoms with Crippen LogP contribution in [0.1, 0.15) is 12.0 Å². The highest BCUT2D eigenvalue weighted by atomic mass is 79.9. The Hall–Kier alpha value is -0.390. The average Bonchev–Trinajstić information content (AvgIpc) is 2.76. The molecule has 0 aliphatic rings. The Labute approximate surface area is 108 Å². The van der Waals surface area contributed by atoms with Crippen molar-refractivity contribution in [1.82, 2.24) is 5.32 Å². The summed E-state index contributed by atoms with van der Waals surface area (Å²) in [6, 6.07) is 1.98. The molecule has 1 aromatic heterocycles. The van der Waals surface area contributed by atoms with E-state index < -0.39 is 0 Å². The second-order valence-corrected chi connectivity index (χ2v) is 4.89. The molecule has 3 nitrogen and oxygen atoms in total. The Morgan fingerprint density at radius 2 is 2.38 bits per heavy atom. The fraction of sp³-hybridized carbons (Fsp3) is 0.545. The molecule has 0 unspecified atom stereocenters. The third-order valence-corrected chi connectivity index (χ3v) is 3.01. The summed E-state index contributed by atoms with van der Waals surface area (Å²) >= 11 is 4.90. The number of nitrogens with one attached hydrogen (secondary N) is 1. The quantitative estimate of drug-likeness (QED) is 0.591. The lowest BCUT2D eigenvalue weighted by Crippen LogP contribution is -2.26.